The summed E-state index contributed by atoms with van der Waals surface area (Å²) in [7, 11) is -4.26. The Kier molecular flexibility index (Phi) is 6.98. The summed E-state index contributed by atoms with van der Waals surface area (Å²) in [4.78, 5) is 26.8. The largest absolute Gasteiger partial charge is 0.457 e. The number of benzene rings is 2. The highest BCUT2D eigenvalue weighted by Gasteiger charge is 2.36. The Labute approximate surface area is 167 Å². The second-order valence-electron chi connectivity index (χ2n) is 5.89. The third-order valence-electron chi connectivity index (χ3n) is 3.84. The molecule has 0 bridgehead atoms. The number of anilines is 1. The first-order chi connectivity index (χ1) is 13.7. The zero-order valence-electron chi connectivity index (χ0n) is 15.7. The molecule has 29 heavy (non-hydrogen) atoms. The molecule has 10 heteroatoms. The summed E-state index contributed by atoms with van der Waals surface area (Å²) in [5.41, 5.74) is 8.88. The van der Waals surface area contributed by atoms with E-state index in [1.54, 1.807) is 19.1 Å². The molecule has 0 N–H and O–H groups in total. The topological polar surface area (TPSA) is 117 Å². The average Bonchev–Trinajstić information content (AvgIpc) is 2.68. The Bertz CT molecular complexity index is 1060. The number of hydrogen-bond acceptors (Lipinski definition) is 5. The van der Waals surface area contributed by atoms with Gasteiger partial charge in [-0.3, -0.25) is 9.10 Å². The highest BCUT2D eigenvalue weighted by Crippen LogP contribution is 2.24. The molecule has 2 aromatic rings. The number of carbonyl (C=O) groups excluding carboxylic acids is 2. The van der Waals surface area contributed by atoms with Crippen LogP contribution in [0.3, 0.4) is 0 Å². The van der Waals surface area contributed by atoms with Crippen LogP contribution < -0.4 is 4.31 Å². The Balaban J connectivity index is 2.49. The molecule has 0 unspecified atom stereocenters. The van der Waals surface area contributed by atoms with Gasteiger partial charge in [0.15, 0.2) is 0 Å². The molecule has 0 aliphatic carbocycles. The highest BCUT2D eigenvalue weighted by molar-refractivity contribution is 7.92. The molecule has 0 amide bonds. The predicted octanol–water partition coefficient (Wildman–Crippen LogP) is 2.13. The van der Waals surface area contributed by atoms with Gasteiger partial charge < -0.3 is 10.3 Å². The lowest BCUT2D eigenvalue weighted by Gasteiger charge is -2.23. The van der Waals surface area contributed by atoms with Crippen LogP contribution in [0.5, 0.6) is 0 Å². The molecule has 0 aliphatic heterocycles. The average molecular weight is 419 g/mol. The molecule has 0 spiro atoms. The van der Waals surface area contributed by atoms with Crippen LogP contribution in [0.2, 0.25) is 0 Å². The van der Waals surface area contributed by atoms with E-state index in [2.05, 4.69) is 9.53 Å². The third-order valence-corrected chi connectivity index (χ3v) is 5.63. The lowest BCUT2D eigenvalue weighted by molar-refractivity contribution is -0.141. The van der Waals surface area contributed by atoms with E-state index in [9.17, 15) is 22.4 Å². The van der Waals surface area contributed by atoms with Gasteiger partial charge in [0.05, 0.1) is 17.2 Å². The van der Waals surface area contributed by atoms with Crippen molar-refractivity contribution in [1.29, 1.82) is 0 Å². The molecular formula is C19H18FN3O5S. The summed E-state index contributed by atoms with van der Waals surface area (Å²) < 4.78 is 44.9. The summed E-state index contributed by atoms with van der Waals surface area (Å²) in [6, 6.07) is 10.3. The maximum Gasteiger partial charge on any atom is 0.443 e. The van der Waals surface area contributed by atoms with E-state index in [4.69, 9.17) is 5.53 Å². The number of carbonyl (C=O) groups is 2. The predicted molar refractivity (Wildman–Crippen MR) is 102 cm³/mol. The lowest BCUT2D eigenvalue weighted by Crippen LogP contribution is -2.41. The highest BCUT2D eigenvalue weighted by atomic mass is 32.2. The molecule has 0 fully saturated rings. The number of aryl methyl sites for hydroxylation is 1. The standard InChI is InChI=1S/C19H18FN3O5S/c1-3-28-19(25)18(22-21)17(24)12-23(15-8-6-14(20)7-9-15)29(26,27)16-10-4-13(2)5-11-16/h4-11H,3,12H2,1-2H3. The van der Waals surface area contributed by atoms with E-state index >= 15 is 0 Å². The Morgan fingerprint density at radius 3 is 2.21 bits per heavy atom. The fourth-order valence-electron chi connectivity index (χ4n) is 2.38. The number of nitrogens with zero attached hydrogens (tertiary/aromatic N) is 3. The van der Waals surface area contributed by atoms with Crippen molar-refractivity contribution in [3.8, 4) is 0 Å². The molecule has 0 radical (unpaired) electrons. The van der Waals surface area contributed by atoms with Gasteiger partial charge in [0.2, 0.25) is 0 Å². The molecule has 0 atom stereocenters. The number of ketones is 1. The molecule has 0 saturated carbocycles. The van der Waals surface area contributed by atoms with Crippen LogP contribution in [0.4, 0.5) is 10.1 Å². The van der Waals surface area contributed by atoms with Gasteiger partial charge in [0, 0.05) is 0 Å². The van der Waals surface area contributed by atoms with Crippen LogP contribution in [0.25, 0.3) is 5.53 Å². The Morgan fingerprint density at radius 2 is 1.69 bits per heavy atom. The van der Waals surface area contributed by atoms with Crippen molar-refractivity contribution in [2.45, 2.75) is 18.7 Å². The van der Waals surface area contributed by atoms with Gasteiger partial charge in [-0.15, -0.1) is 0 Å². The molecule has 0 saturated heterocycles. The second-order valence-corrected chi connectivity index (χ2v) is 7.76. The molecule has 152 valence electrons. The minimum absolute atomic E-state index is 0.0125. The van der Waals surface area contributed by atoms with E-state index in [1.807, 2.05) is 0 Å². The number of esters is 1. The molecule has 0 aromatic heterocycles. The number of hydrogen-bond donors (Lipinski definition) is 0. The minimum Gasteiger partial charge on any atom is -0.457 e. The molecule has 0 heterocycles. The Morgan fingerprint density at radius 1 is 1.10 bits per heavy atom. The smallest absolute Gasteiger partial charge is 0.443 e. The van der Waals surface area contributed by atoms with Crippen LogP contribution in [0, 0.1) is 12.7 Å². The fraction of sp³-hybridized carbons (Fsp3) is 0.211. The van der Waals surface area contributed by atoms with Crippen molar-refractivity contribution in [2.24, 2.45) is 0 Å². The van der Waals surface area contributed by atoms with E-state index in [0.29, 0.717) is 4.31 Å². The molecule has 0 aliphatic rings. The number of Topliss-reactive ketones (excluding diaryl/α,β-unsaturated/α-hetero) is 1. The molecule has 2 rings (SSSR count). The van der Waals surface area contributed by atoms with Crippen LogP contribution >= 0.6 is 0 Å². The van der Waals surface area contributed by atoms with Gasteiger partial charge >= 0.3 is 11.7 Å². The van der Waals surface area contributed by atoms with Crippen molar-refractivity contribution < 1.29 is 31.9 Å². The first-order valence-electron chi connectivity index (χ1n) is 8.48. The van der Waals surface area contributed by atoms with Crippen LogP contribution in [-0.4, -0.2) is 43.8 Å². The quantitative estimate of drug-likeness (QED) is 0.214. The maximum absolute atomic E-state index is 13.3. The van der Waals surface area contributed by atoms with E-state index < -0.39 is 39.8 Å². The summed E-state index contributed by atoms with van der Waals surface area (Å²) >= 11 is 0. The van der Waals surface area contributed by atoms with Crippen molar-refractivity contribution in [1.82, 2.24) is 0 Å². The zero-order chi connectivity index (χ0) is 21.6. The van der Waals surface area contributed by atoms with E-state index in [-0.39, 0.29) is 17.2 Å². The third kappa shape index (κ3) is 5.13. The number of halogens is 1. The maximum atomic E-state index is 13.3. The first kappa shape index (κ1) is 21.9. The zero-order valence-corrected chi connectivity index (χ0v) is 16.5. The summed E-state index contributed by atoms with van der Waals surface area (Å²) in [6.07, 6.45) is 0. The second kappa shape index (κ2) is 9.22. The number of rotatable bonds is 8. The van der Waals surface area contributed by atoms with Gasteiger partial charge in [-0.05, 0) is 50.2 Å². The van der Waals surface area contributed by atoms with Crippen LogP contribution in [-0.2, 0) is 24.3 Å². The van der Waals surface area contributed by atoms with Gasteiger partial charge in [0.25, 0.3) is 15.8 Å². The van der Waals surface area contributed by atoms with Crippen LogP contribution in [0.15, 0.2) is 53.4 Å². The SMILES string of the molecule is CCOC(=O)C(=[N+]=[N-])C(=O)CN(c1ccc(F)cc1)S(=O)(=O)c1ccc(C)cc1. The fourth-order valence-corrected chi connectivity index (χ4v) is 3.80. The van der Waals surface area contributed by atoms with Gasteiger partial charge in [-0.25, -0.2) is 17.6 Å². The van der Waals surface area contributed by atoms with Crippen molar-refractivity contribution >= 4 is 33.2 Å². The summed E-state index contributed by atoms with van der Waals surface area (Å²) in [5.74, 6) is -2.88. The van der Waals surface area contributed by atoms with Crippen molar-refractivity contribution in [3.05, 3.63) is 65.4 Å². The number of sulfonamides is 1. The Hall–Kier alpha value is -3.36. The van der Waals surface area contributed by atoms with Crippen LogP contribution in [0.1, 0.15) is 12.5 Å². The summed E-state index contributed by atoms with van der Waals surface area (Å²) in [5, 5.41) is 0. The first-order valence-corrected chi connectivity index (χ1v) is 9.92. The normalized spacial score (nSPS) is 10.7. The van der Waals surface area contributed by atoms with Gasteiger partial charge in [0.1, 0.15) is 12.4 Å². The monoisotopic (exact) mass is 419 g/mol. The minimum atomic E-state index is -4.26. The van der Waals surface area contributed by atoms with E-state index in [1.165, 1.54) is 31.2 Å². The van der Waals surface area contributed by atoms with E-state index in [0.717, 1.165) is 17.7 Å². The van der Waals surface area contributed by atoms with Gasteiger partial charge in [-0.2, -0.15) is 4.79 Å². The summed E-state index contributed by atoms with van der Waals surface area (Å²) in [6.45, 7) is 2.33. The van der Waals surface area contributed by atoms with Crippen molar-refractivity contribution in [3.63, 3.8) is 0 Å². The lowest BCUT2D eigenvalue weighted by atomic mass is 10.2. The molecule has 2 aromatic carbocycles. The van der Waals surface area contributed by atoms with Gasteiger partial charge in [-0.1, -0.05) is 17.7 Å². The molecular weight excluding hydrogens is 401 g/mol. The number of ether oxygens (including phenoxy) is 1. The molecule has 8 nitrogen and oxygen atoms in total. The van der Waals surface area contributed by atoms with Crippen molar-refractivity contribution in [2.75, 3.05) is 17.5 Å².